The van der Waals surface area contributed by atoms with E-state index in [1.165, 1.54) is 23.9 Å². The zero-order valence-electron chi connectivity index (χ0n) is 13.6. The molecule has 0 N–H and O–H groups in total. The summed E-state index contributed by atoms with van der Waals surface area (Å²) < 4.78 is 14.9. The van der Waals surface area contributed by atoms with Crippen LogP contribution in [0.1, 0.15) is 11.1 Å². The van der Waals surface area contributed by atoms with Gasteiger partial charge in [0, 0.05) is 29.5 Å². The molecule has 0 bridgehead atoms. The van der Waals surface area contributed by atoms with E-state index in [9.17, 15) is 9.18 Å². The van der Waals surface area contributed by atoms with Gasteiger partial charge in [0.05, 0.1) is 5.75 Å². The minimum absolute atomic E-state index is 0.0959. The largest absolute Gasteiger partial charge is 0.298 e. The number of aromatic nitrogens is 2. The molecule has 0 atom stereocenters. The lowest BCUT2D eigenvalue weighted by atomic mass is 10.1. The van der Waals surface area contributed by atoms with Gasteiger partial charge in [0.25, 0.3) is 0 Å². The maximum absolute atomic E-state index is 13.1. The van der Waals surface area contributed by atoms with Crippen LogP contribution in [0.25, 0.3) is 5.69 Å². The average Bonchev–Trinajstić information content (AvgIpc) is 3.06. The van der Waals surface area contributed by atoms with E-state index in [1.807, 2.05) is 29.7 Å². The second-order valence-electron chi connectivity index (χ2n) is 5.64. The molecule has 0 saturated heterocycles. The van der Waals surface area contributed by atoms with Gasteiger partial charge in [-0.15, -0.1) is 0 Å². The summed E-state index contributed by atoms with van der Waals surface area (Å²) >= 11 is 7.46. The highest BCUT2D eigenvalue weighted by Gasteiger charge is 2.10. The van der Waals surface area contributed by atoms with Gasteiger partial charge in [-0.2, -0.15) is 0 Å². The zero-order valence-corrected chi connectivity index (χ0v) is 15.1. The van der Waals surface area contributed by atoms with Crippen LogP contribution in [0.5, 0.6) is 0 Å². The van der Waals surface area contributed by atoms with Crippen molar-refractivity contribution in [3.63, 3.8) is 0 Å². The van der Waals surface area contributed by atoms with Gasteiger partial charge in [-0.1, -0.05) is 35.5 Å². The molecule has 1 heterocycles. The number of carbonyl (C=O) groups excluding carboxylic acids is 1. The molecule has 128 valence electrons. The van der Waals surface area contributed by atoms with Crippen molar-refractivity contribution in [3.8, 4) is 5.69 Å². The molecule has 0 spiro atoms. The Morgan fingerprint density at radius 3 is 2.72 bits per heavy atom. The Morgan fingerprint density at radius 1 is 1.24 bits per heavy atom. The van der Waals surface area contributed by atoms with Crippen LogP contribution in [0.2, 0.25) is 5.02 Å². The molecule has 0 saturated carbocycles. The standard InChI is InChI=1S/C19H16ClFN2OS/c1-13-2-3-14(11-18(13)20)10-17(24)12-25-19-22-8-9-23(19)16-6-4-15(21)5-7-16/h2-9,11H,10,12H2,1H3. The first-order valence-corrected chi connectivity index (χ1v) is 9.08. The van der Waals surface area contributed by atoms with Crippen molar-refractivity contribution in [3.05, 3.63) is 76.8 Å². The van der Waals surface area contributed by atoms with Gasteiger partial charge in [0.2, 0.25) is 0 Å². The van der Waals surface area contributed by atoms with Crippen LogP contribution in [0.3, 0.4) is 0 Å². The maximum Gasteiger partial charge on any atom is 0.173 e. The van der Waals surface area contributed by atoms with Crippen molar-refractivity contribution in [1.82, 2.24) is 9.55 Å². The fourth-order valence-electron chi connectivity index (χ4n) is 2.36. The SMILES string of the molecule is Cc1ccc(CC(=O)CSc2nccn2-c2ccc(F)cc2)cc1Cl. The Balaban J connectivity index is 1.64. The van der Waals surface area contributed by atoms with Crippen molar-refractivity contribution in [1.29, 1.82) is 0 Å². The predicted octanol–water partition coefficient (Wildman–Crippen LogP) is 4.88. The minimum atomic E-state index is -0.287. The smallest absolute Gasteiger partial charge is 0.173 e. The molecule has 0 unspecified atom stereocenters. The van der Waals surface area contributed by atoms with E-state index in [2.05, 4.69) is 4.98 Å². The summed E-state index contributed by atoms with van der Waals surface area (Å²) in [6.45, 7) is 1.93. The highest BCUT2D eigenvalue weighted by molar-refractivity contribution is 7.99. The third-order valence-electron chi connectivity index (χ3n) is 3.71. The molecular weight excluding hydrogens is 359 g/mol. The van der Waals surface area contributed by atoms with E-state index in [1.54, 1.807) is 24.5 Å². The predicted molar refractivity (Wildman–Crippen MR) is 99.1 cm³/mol. The Morgan fingerprint density at radius 2 is 2.00 bits per heavy atom. The van der Waals surface area contributed by atoms with Crippen molar-refractivity contribution >= 4 is 29.1 Å². The number of hydrogen-bond acceptors (Lipinski definition) is 3. The topological polar surface area (TPSA) is 34.9 Å². The molecule has 0 fully saturated rings. The molecule has 0 amide bonds. The number of benzene rings is 2. The monoisotopic (exact) mass is 374 g/mol. The van der Waals surface area contributed by atoms with Crippen LogP contribution in [-0.4, -0.2) is 21.1 Å². The number of thioether (sulfide) groups is 1. The Labute approximate surface area is 154 Å². The number of rotatable bonds is 6. The van der Waals surface area contributed by atoms with E-state index >= 15 is 0 Å². The quantitative estimate of drug-likeness (QED) is 0.577. The van der Waals surface area contributed by atoms with E-state index in [0.717, 1.165) is 16.8 Å². The Bertz CT molecular complexity index is 893. The van der Waals surface area contributed by atoms with Gasteiger partial charge >= 0.3 is 0 Å². The number of imidazole rings is 1. The minimum Gasteiger partial charge on any atom is -0.298 e. The van der Waals surface area contributed by atoms with Gasteiger partial charge in [-0.3, -0.25) is 9.36 Å². The lowest BCUT2D eigenvalue weighted by molar-refractivity contribution is -0.116. The molecule has 3 rings (SSSR count). The van der Waals surface area contributed by atoms with Crippen LogP contribution < -0.4 is 0 Å². The molecule has 3 aromatic rings. The average molecular weight is 375 g/mol. The number of carbonyl (C=O) groups is 1. The molecule has 25 heavy (non-hydrogen) atoms. The molecule has 0 aliphatic rings. The van der Waals surface area contributed by atoms with Crippen molar-refractivity contribution in [2.45, 2.75) is 18.5 Å². The normalized spacial score (nSPS) is 10.8. The second kappa shape index (κ2) is 7.85. The third kappa shape index (κ3) is 4.50. The highest BCUT2D eigenvalue weighted by atomic mass is 35.5. The van der Waals surface area contributed by atoms with Gasteiger partial charge in [-0.25, -0.2) is 9.37 Å². The summed E-state index contributed by atoms with van der Waals surface area (Å²) in [7, 11) is 0. The lowest BCUT2D eigenvalue weighted by Gasteiger charge is -2.07. The number of hydrogen-bond donors (Lipinski definition) is 0. The van der Waals surface area contributed by atoms with E-state index in [4.69, 9.17) is 11.6 Å². The molecule has 0 radical (unpaired) electrons. The van der Waals surface area contributed by atoms with Gasteiger partial charge in [-0.05, 0) is 48.4 Å². The van der Waals surface area contributed by atoms with Crippen LogP contribution in [-0.2, 0) is 11.2 Å². The fraction of sp³-hybridized carbons (Fsp3) is 0.158. The first kappa shape index (κ1) is 17.7. The number of nitrogens with zero attached hydrogens (tertiary/aromatic N) is 2. The number of aryl methyl sites for hydroxylation is 1. The summed E-state index contributed by atoms with van der Waals surface area (Å²) in [5, 5.41) is 1.37. The van der Waals surface area contributed by atoms with E-state index < -0.39 is 0 Å². The van der Waals surface area contributed by atoms with Crippen LogP contribution in [0.15, 0.2) is 60.0 Å². The summed E-state index contributed by atoms with van der Waals surface area (Å²) in [5.74, 6) is 0.118. The Kier molecular flexibility index (Phi) is 5.56. The number of Topliss-reactive ketones (excluding diaryl/α,β-unsaturated/α-hetero) is 1. The third-order valence-corrected chi connectivity index (χ3v) is 5.15. The van der Waals surface area contributed by atoms with Crippen LogP contribution >= 0.6 is 23.4 Å². The second-order valence-corrected chi connectivity index (χ2v) is 6.99. The summed E-state index contributed by atoms with van der Waals surface area (Å²) in [4.78, 5) is 16.5. The summed E-state index contributed by atoms with van der Waals surface area (Å²) in [6, 6.07) is 11.8. The number of ketones is 1. The van der Waals surface area contributed by atoms with Crippen molar-refractivity contribution in [2.24, 2.45) is 0 Å². The molecule has 3 nitrogen and oxygen atoms in total. The molecule has 1 aromatic heterocycles. The first-order chi connectivity index (χ1) is 12.0. The maximum atomic E-state index is 13.1. The van der Waals surface area contributed by atoms with Crippen LogP contribution in [0, 0.1) is 12.7 Å². The van der Waals surface area contributed by atoms with Gasteiger partial charge < -0.3 is 0 Å². The number of halogens is 2. The van der Waals surface area contributed by atoms with E-state index in [-0.39, 0.29) is 11.6 Å². The highest BCUT2D eigenvalue weighted by Crippen LogP contribution is 2.22. The van der Waals surface area contributed by atoms with Gasteiger partial charge in [0.15, 0.2) is 5.16 Å². The molecule has 6 heteroatoms. The lowest BCUT2D eigenvalue weighted by Crippen LogP contribution is -2.07. The van der Waals surface area contributed by atoms with Crippen molar-refractivity contribution < 1.29 is 9.18 Å². The first-order valence-electron chi connectivity index (χ1n) is 7.72. The molecule has 0 aliphatic heterocycles. The molecular formula is C19H16ClFN2OS. The van der Waals surface area contributed by atoms with Crippen molar-refractivity contribution in [2.75, 3.05) is 5.75 Å². The Hall–Kier alpha value is -2.11. The van der Waals surface area contributed by atoms with E-state index in [0.29, 0.717) is 22.4 Å². The van der Waals surface area contributed by atoms with Gasteiger partial charge in [0.1, 0.15) is 11.6 Å². The molecule has 2 aromatic carbocycles. The summed E-state index contributed by atoms with van der Waals surface area (Å²) in [5.41, 5.74) is 2.70. The fourth-order valence-corrected chi connectivity index (χ4v) is 3.40. The summed E-state index contributed by atoms with van der Waals surface area (Å²) in [6.07, 6.45) is 3.79. The molecule has 0 aliphatic carbocycles. The zero-order chi connectivity index (χ0) is 17.8. The van der Waals surface area contributed by atoms with Crippen LogP contribution in [0.4, 0.5) is 4.39 Å².